The Morgan fingerprint density at radius 2 is 2.05 bits per heavy atom. The molecule has 0 saturated heterocycles. The third kappa shape index (κ3) is 4.16. The summed E-state index contributed by atoms with van der Waals surface area (Å²) in [6.07, 6.45) is 4.93. The maximum absolute atomic E-state index is 13.1. The lowest BCUT2D eigenvalue weighted by molar-refractivity contribution is -0.141. The first-order chi connectivity index (χ1) is 9.65. The van der Waals surface area contributed by atoms with Crippen LogP contribution in [0.25, 0.3) is 0 Å². The minimum atomic E-state index is -0.849. The molecule has 0 amide bonds. The molecule has 1 atom stereocenters. The summed E-state index contributed by atoms with van der Waals surface area (Å²) in [5.41, 5.74) is 1.72. The topological polar surface area (TPSA) is 50.2 Å². The second kappa shape index (κ2) is 6.80. The molecule has 1 aromatic heterocycles. The van der Waals surface area contributed by atoms with Crippen LogP contribution in [-0.4, -0.2) is 16.1 Å². The highest BCUT2D eigenvalue weighted by Gasteiger charge is 2.18. The van der Waals surface area contributed by atoms with E-state index in [2.05, 4.69) is 4.98 Å². The van der Waals surface area contributed by atoms with Gasteiger partial charge in [0.25, 0.3) is 0 Å². The molecule has 1 N–H and O–H groups in total. The second-order valence-corrected chi connectivity index (χ2v) is 4.77. The van der Waals surface area contributed by atoms with Gasteiger partial charge in [-0.1, -0.05) is 18.2 Å². The van der Waals surface area contributed by atoms with Crippen molar-refractivity contribution < 1.29 is 14.3 Å². The molecule has 3 nitrogen and oxygen atoms in total. The molecular weight excluding hydrogens is 257 g/mol. The Labute approximate surface area is 117 Å². The van der Waals surface area contributed by atoms with Gasteiger partial charge in [0, 0.05) is 12.4 Å². The first-order valence-corrected chi connectivity index (χ1v) is 6.51. The van der Waals surface area contributed by atoms with Crippen LogP contribution in [0.5, 0.6) is 0 Å². The number of hydrogen-bond donors (Lipinski definition) is 1. The molecule has 1 heterocycles. The van der Waals surface area contributed by atoms with Crippen LogP contribution in [0.3, 0.4) is 0 Å². The Morgan fingerprint density at radius 3 is 2.70 bits per heavy atom. The highest BCUT2D eigenvalue weighted by Crippen LogP contribution is 2.16. The fraction of sp³-hybridized carbons (Fsp3) is 0.250. The van der Waals surface area contributed by atoms with Gasteiger partial charge in [-0.05, 0) is 48.6 Å². The number of carboxylic acid groups (broad SMARTS) is 1. The molecule has 0 spiro atoms. The van der Waals surface area contributed by atoms with Crippen molar-refractivity contribution in [1.29, 1.82) is 0 Å². The van der Waals surface area contributed by atoms with Crippen molar-refractivity contribution in [2.45, 2.75) is 19.3 Å². The molecule has 1 aromatic carbocycles. The van der Waals surface area contributed by atoms with Crippen LogP contribution < -0.4 is 0 Å². The Morgan fingerprint density at radius 1 is 1.25 bits per heavy atom. The van der Waals surface area contributed by atoms with E-state index < -0.39 is 11.9 Å². The van der Waals surface area contributed by atoms with Crippen molar-refractivity contribution in [2.24, 2.45) is 5.92 Å². The fourth-order valence-electron chi connectivity index (χ4n) is 2.15. The third-order valence-corrected chi connectivity index (χ3v) is 3.22. The normalized spacial score (nSPS) is 12.1. The quantitative estimate of drug-likeness (QED) is 0.879. The van der Waals surface area contributed by atoms with Crippen molar-refractivity contribution in [3.8, 4) is 0 Å². The number of rotatable bonds is 6. The number of halogens is 1. The van der Waals surface area contributed by atoms with Crippen molar-refractivity contribution in [1.82, 2.24) is 4.98 Å². The predicted molar refractivity (Wildman–Crippen MR) is 73.8 cm³/mol. The molecule has 0 saturated carbocycles. The predicted octanol–water partition coefficient (Wildman–Crippen LogP) is 3.10. The van der Waals surface area contributed by atoms with Gasteiger partial charge in [0.2, 0.25) is 0 Å². The van der Waals surface area contributed by atoms with E-state index in [-0.39, 0.29) is 5.82 Å². The minimum Gasteiger partial charge on any atom is -0.481 e. The average Bonchev–Trinajstić information content (AvgIpc) is 2.44. The van der Waals surface area contributed by atoms with Crippen LogP contribution in [0.1, 0.15) is 17.5 Å². The summed E-state index contributed by atoms with van der Waals surface area (Å²) < 4.78 is 13.1. The molecule has 0 radical (unpaired) electrons. The van der Waals surface area contributed by atoms with Gasteiger partial charge in [0.05, 0.1) is 5.92 Å². The summed E-state index contributed by atoms with van der Waals surface area (Å²) in [5.74, 6) is -1.70. The summed E-state index contributed by atoms with van der Waals surface area (Å²) in [5, 5.41) is 9.27. The highest BCUT2D eigenvalue weighted by atomic mass is 19.1. The zero-order valence-corrected chi connectivity index (χ0v) is 11.0. The average molecular weight is 273 g/mol. The van der Waals surface area contributed by atoms with Gasteiger partial charge in [-0.2, -0.15) is 0 Å². The smallest absolute Gasteiger partial charge is 0.306 e. The van der Waals surface area contributed by atoms with Crippen LogP contribution in [0.15, 0.2) is 48.8 Å². The number of benzene rings is 1. The molecule has 0 bridgehead atoms. The Hall–Kier alpha value is -2.23. The van der Waals surface area contributed by atoms with Crippen molar-refractivity contribution in [2.75, 3.05) is 0 Å². The molecule has 0 aliphatic rings. The lowest BCUT2D eigenvalue weighted by Gasteiger charge is -2.12. The first kappa shape index (κ1) is 14.2. The summed E-state index contributed by atoms with van der Waals surface area (Å²) in [6, 6.07) is 9.86. The number of nitrogens with zero attached hydrogens (tertiary/aromatic N) is 1. The van der Waals surface area contributed by atoms with Crippen LogP contribution in [0.4, 0.5) is 4.39 Å². The lowest BCUT2D eigenvalue weighted by atomic mass is 9.93. The van der Waals surface area contributed by atoms with Gasteiger partial charge in [-0.3, -0.25) is 9.78 Å². The Balaban J connectivity index is 1.99. The zero-order valence-electron chi connectivity index (χ0n) is 11.0. The molecule has 0 aliphatic carbocycles. The molecular formula is C16H16FNO2. The van der Waals surface area contributed by atoms with E-state index in [9.17, 15) is 14.3 Å². The van der Waals surface area contributed by atoms with E-state index in [4.69, 9.17) is 0 Å². The molecule has 104 valence electrons. The molecule has 2 aromatic rings. The number of pyridine rings is 1. The van der Waals surface area contributed by atoms with Gasteiger partial charge >= 0.3 is 5.97 Å². The summed E-state index contributed by atoms with van der Waals surface area (Å²) in [6.45, 7) is 0. The number of hydrogen-bond acceptors (Lipinski definition) is 2. The van der Waals surface area contributed by atoms with E-state index in [1.54, 1.807) is 24.5 Å². The van der Waals surface area contributed by atoms with Crippen molar-refractivity contribution in [3.05, 3.63) is 65.7 Å². The molecule has 0 fully saturated rings. The highest BCUT2D eigenvalue weighted by molar-refractivity contribution is 5.70. The number of aromatic nitrogens is 1. The van der Waals surface area contributed by atoms with Crippen molar-refractivity contribution >= 4 is 5.97 Å². The molecule has 0 aliphatic heterocycles. The maximum Gasteiger partial charge on any atom is 0.306 e. The molecule has 1 unspecified atom stereocenters. The van der Waals surface area contributed by atoms with E-state index in [1.165, 1.54) is 12.1 Å². The van der Waals surface area contributed by atoms with Crippen LogP contribution in [-0.2, 0) is 17.6 Å². The van der Waals surface area contributed by atoms with Gasteiger partial charge < -0.3 is 5.11 Å². The van der Waals surface area contributed by atoms with Crippen LogP contribution >= 0.6 is 0 Å². The lowest BCUT2D eigenvalue weighted by Crippen LogP contribution is -2.17. The fourth-order valence-corrected chi connectivity index (χ4v) is 2.15. The Kier molecular flexibility index (Phi) is 4.82. The summed E-state index contributed by atoms with van der Waals surface area (Å²) >= 11 is 0. The zero-order chi connectivity index (χ0) is 14.4. The second-order valence-electron chi connectivity index (χ2n) is 4.77. The van der Waals surface area contributed by atoms with E-state index >= 15 is 0 Å². The van der Waals surface area contributed by atoms with Crippen LogP contribution in [0, 0.1) is 11.7 Å². The van der Waals surface area contributed by atoms with Gasteiger partial charge in [-0.15, -0.1) is 0 Å². The standard InChI is InChI=1S/C16H16FNO2/c17-15-5-1-3-13(10-15)9-14(16(19)20)7-6-12-4-2-8-18-11-12/h1-5,8,10-11,14H,6-7,9H2,(H,19,20). The number of aryl methyl sites for hydroxylation is 1. The van der Waals surface area contributed by atoms with E-state index in [0.29, 0.717) is 24.8 Å². The van der Waals surface area contributed by atoms with Crippen molar-refractivity contribution in [3.63, 3.8) is 0 Å². The van der Waals surface area contributed by atoms with Crippen LogP contribution in [0.2, 0.25) is 0 Å². The molecule has 20 heavy (non-hydrogen) atoms. The number of aliphatic carboxylic acids is 1. The van der Waals surface area contributed by atoms with E-state index in [0.717, 1.165) is 5.56 Å². The van der Waals surface area contributed by atoms with Gasteiger partial charge in [-0.25, -0.2) is 4.39 Å². The van der Waals surface area contributed by atoms with Gasteiger partial charge in [0.15, 0.2) is 0 Å². The monoisotopic (exact) mass is 273 g/mol. The SMILES string of the molecule is O=C(O)C(CCc1cccnc1)Cc1cccc(F)c1. The molecule has 4 heteroatoms. The number of carboxylic acids is 1. The van der Waals surface area contributed by atoms with Gasteiger partial charge in [0.1, 0.15) is 5.82 Å². The first-order valence-electron chi connectivity index (χ1n) is 6.51. The summed E-state index contributed by atoms with van der Waals surface area (Å²) in [4.78, 5) is 15.3. The minimum absolute atomic E-state index is 0.334. The Bertz CT molecular complexity index is 572. The van der Waals surface area contributed by atoms with E-state index in [1.807, 2.05) is 12.1 Å². The summed E-state index contributed by atoms with van der Waals surface area (Å²) in [7, 11) is 0. The number of carbonyl (C=O) groups is 1. The maximum atomic E-state index is 13.1. The third-order valence-electron chi connectivity index (χ3n) is 3.22. The molecule has 2 rings (SSSR count). The largest absolute Gasteiger partial charge is 0.481 e.